The summed E-state index contributed by atoms with van der Waals surface area (Å²) in [6, 6.07) is 9.31. The van der Waals surface area contributed by atoms with Gasteiger partial charge in [0.2, 0.25) is 0 Å². The highest BCUT2D eigenvalue weighted by Gasteiger charge is 2.14. The van der Waals surface area contributed by atoms with E-state index in [0.29, 0.717) is 10.3 Å². The number of nitrogens with zero attached hydrogens (tertiary/aromatic N) is 2. The summed E-state index contributed by atoms with van der Waals surface area (Å²) in [5.41, 5.74) is 1.27. The zero-order valence-corrected chi connectivity index (χ0v) is 10.2. The number of aromatic nitrogens is 2. The smallest absolute Gasteiger partial charge is 0.275 e. The first-order valence-corrected chi connectivity index (χ1v) is 5.51. The molecule has 1 aromatic heterocycles. The van der Waals surface area contributed by atoms with Crippen molar-refractivity contribution in [3.8, 4) is 0 Å². The van der Waals surface area contributed by atoms with Crippen molar-refractivity contribution >= 4 is 27.5 Å². The molecule has 1 N–H and O–H groups in total. The second-order valence-electron chi connectivity index (χ2n) is 3.32. The Morgan fingerprint density at radius 2 is 2.06 bits per heavy atom. The fraction of sp³-hybridized carbons (Fsp3) is 0.0909. The number of benzene rings is 1. The lowest BCUT2D eigenvalue weighted by atomic mass is 10.3. The number of rotatable bonds is 2. The molecule has 1 amide bonds. The maximum absolute atomic E-state index is 11.9. The molecule has 0 aliphatic rings. The highest BCUT2D eigenvalue weighted by atomic mass is 79.9. The van der Waals surface area contributed by atoms with Gasteiger partial charge in [0.1, 0.15) is 10.3 Å². The number of hydrogen-bond donors (Lipinski definition) is 1. The first-order chi connectivity index (χ1) is 7.68. The van der Waals surface area contributed by atoms with Crippen LogP contribution in [0, 0.1) is 0 Å². The van der Waals surface area contributed by atoms with Crippen LogP contribution in [-0.4, -0.2) is 15.5 Å². The summed E-state index contributed by atoms with van der Waals surface area (Å²) >= 11 is 3.24. The maximum Gasteiger partial charge on any atom is 0.275 e. The average molecular weight is 280 g/mol. The van der Waals surface area contributed by atoms with E-state index in [1.165, 1.54) is 0 Å². The minimum absolute atomic E-state index is 0.182. The van der Waals surface area contributed by atoms with Crippen molar-refractivity contribution in [3.05, 3.63) is 47.0 Å². The summed E-state index contributed by atoms with van der Waals surface area (Å²) in [7, 11) is 1.78. The van der Waals surface area contributed by atoms with E-state index in [1.54, 1.807) is 17.9 Å². The van der Waals surface area contributed by atoms with E-state index in [2.05, 4.69) is 26.2 Å². The van der Waals surface area contributed by atoms with Gasteiger partial charge in [-0.05, 0) is 28.1 Å². The van der Waals surface area contributed by atoms with Gasteiger partial charge in [0.15, 0.2) is 0 Å². The second kappa shape index (κ2) is 4.49. The number of aryl methyl sites for hydroxylation is 1. The third-order valence-electron chi connectivity index (χ3n) is 2.14. The van der Waals surface area contributed by atoms with E-state index in [0.717, 1.165) is 5.69 Å². The number of carbonyl (C=O) groups excluding carboxylic acids is 1. The summed E-state index contributed by atoms with van der Waals surface area (Å²) in [5, 5.41) is 2.80. The summed E-state index contributed by atoms with van der Waals surface area (Å²) in [4.78, 5) is 15.9. The third-order valence-corrected chi connectivity index (χ3v) is 2.72. The molecule has 0 unspecified atom stereocenters. The van der Waals surface area contributed by atoms with Crippen molar-refractivity contribution < 1.29 is 4.79 Å². The average Bonchev–Trinajstić information content (AvgIpc) is 2.60. The van der Waals surface area contributed by atoms with Crippen LogP contribution in [0.5, 0.6) is 0 Å². The van der Waals surface area contributed by atoms with Crippen molar-refractivity contribution in [2.24, 2.45) is 7.05 Å². The molecular weight excluding hydrogens is 270 g/mol. The van der Waals surface area contributed by atoms with Gasteiger partial charge in [0.25, 0.3) is 5.91 Å². The van der Waals surface area contributed by atoms with Crippen LogP contribution in [0.25, 0.3) is 0 Å². The number of para-hydroxylation sites is 1. The highest BCUT2D eigenvalue weighted by Crippen LogP contribution is 2.15. The van der Waals surface area contributed by atoms with Gasteiger partial charge < -0.3 is 9.88 Å². The fourth-order valence-corrected chi connectivity index (χ4v) is 1.92. The van der Waals surface area contributed by atoms with E-state index in [-0.39, 0.29) is 5.91 Å². The first-order valence-electron chi connectivity index (χ1n) is 4.71. The standard InChI is InChI=1S/C11H10BrN3O/c1-15-7-13-10(12)9(15)11(16)14-8-5-3-2-4-6-8/h2-7H,1H3,(H,14,16). The van der Waals surface area contributed by atoms with Crippen LogP contribution in [-0.2, 0) is 7.05 Å². The summed E-state index contributed by atoms with van der Waals surface area (Å²) in [5.74, 6) is -0.182. The quantitative estimate of drug-likeness (QED) is 0.918. The molecule has 0 aliphatic heterocycles. The fourth-order valence-electron chi connectivity index (χ4n) is 1.37. The van der Waals surface area contributed by atoms with Crippen molar-refractivity contribution in [2.45, 2.75) is 0 Å². The zero-order valence-electron chi connectivity index (χ0n) is 8.64. The summed E-state index contributed by atoms with van der Waals surface area (Å²) in [6.07, 6.45) is 1.59. The Morgan fingerprint density at radius 3 is 2.62 bits per heavy atom. The van der Waals surface area contributed by atoms with E-state index >= 15 is 0 Å². The van der Waals surface area contributed by atoms with E-state index in [1.807, 2.05) is 30.3 Å². The molecule has 0 bridgehead atoms. The number of halogens is 1. The van der Waals surface area contributed by atoms with Gasteiger partial charge >= 0.3 is 0 Å². The Bertz CT molecular complexity index is 488. The molecule has 82 valence electrons. The molecule has 0 saturated heterocycles. The lowest BCUT2D eigenvalue weighted by Gasteiger charge is -2.05. The number of amides is 1. The minimum Gasteiger partial charge on any atom is -0.329 e. The van der Waals surface area contributed by atoms with Crippen molar-refractivity contribution in [3.63, 3.8) is 0 Å². The Kier molecular flexibility index (Phi) is 3.05. The van der Waals surface area contributed by atoms with Gasteiger partial charge in [-0.25, -0.2) is 4.98 Å². The van der Waals surface area contributed by atoms with Gasteiger partial charge in [-0.1, -0.05) is 18.2 Å². The molecule has 1 aromatic carbocycles. The first kappa shape index (κ1) is 10.9. The van der Waals surface area contributed by atoms with E-state index in [4.69, 9.17) is 0 Å². The molecule has 0 saturated carbocycles. The van der Waals surface area contributed by atoms with E-state index < -0.39 is 0 Å². The lowest BCUT2D eigenvalue weighted by Crippen LogP contribution is -2.15. The summed E-state index contributed by atoms with van der Waals surface area (Å²) in [6.45, 7) is 0. The van der Waals surface area contributed by atoms with E-state index in [9.17, 15) is 4.79 Å². The molecule has 5 heteroatoms. The van der Waals surface area contributed by atoms with Crippen molar-refractivity contribution in [1.82, 2.24) is 9.55 Å². The SMILES string of the molecule is Cn1cnc(Br)c1C(=O)Nc1ccccc1. The number of hydrogen-bond acceptors (Lipinski definition) is 2. The van der Waals surface area contributed by atoms with Crippen molar-refractivity contribution in [1.29, 1.82) is 0 Å². The van der Waals surface area contributed by atoms with Crippen molar-refractivity contribution in [2.75, 3.05) is 5.32 Å². The Labute approximate surface area is 101 Å². The van der Waals surface area contributed by atoms with Crippen LogP contribution in [0.4, 0.5) is 5.69 Å². The second-order valence-corrected chi connectivity index (χ2v) is 4.07. The molecule has 1 heterocycles. The molecule has 0 radical (unpaired) electrons. The van der Waals surface area contributed by atoms with Gasteiger partial charge in [0.05, 0.1) is 6.33 Å². The molecule has 2 aromatic rings. The number of carbonyl (C=O) groups is 1. The molecule has 16 heavy (non-hydrogen) atoms. The molecule has 0 spiro atoms. The van der Waals surface area contributed by atoms with Crippen LogP contribution in [0.1, 0.15) is 10.5 Å². The number of nitrogens with one attached hydrogen (secondary N) is 1. The molecule has 0 atom stereocenters. The molecule has 0 fully saturated rings. The van der Waals surface area contributed by atoms with Crippen LogP contribution in [0.2, 0.25) is 0 Å². The predicted molar refractivity (Wildman–Crippen MR) is 65.3 cm³/mol. The van der Waals surface area contributed by atoms with Gasteiger partial charge in [-0.2, -0.15) is 0 Å². The molecule has 0 aliphatic carbocycles. The number of imidazole rings is 1. The predicted octanol–water partition coefficient (Wildman–Crippen LogP) is 2.43. The maximum atomic E-state index is 11.9. The minimum atomic E-state index is -0.182. The highest BCUT2D eigenvalue weighted by molar-refractivity contribution is 9.10. The van der Waals surface area contributed by atoms with Crippen LogP contribution in [0.3, 0.4) is 0 Å². The van der Waals surface area contributed by atoms with Crippen LogP contribution in [0.15, 0.2) is 41.3 Å². The lowest BCUT2D eigenvalue weighted by molar-refractivity contribution is 0.101. The topological polar surface area (TPSA) is 46.9 Å². The van der Waals surface area contributed by atoms with Crippen LogP contribution >= 0.6 is 15.9 Å². The Morgan fingerprint density at radius 1 is 1.38 bits per heavy atom. The molecule has 2 rings (SSSR count). The zero-order chi connectivity index (χ0) is 11.5. The molecule has 4 nitrogen and oxygen atoms in total. The summed E-state index contributed by atoms with van der Waals surface area (Å²) < 4.78 is 2.21. The monoisotopic (exact) mass is 279 g/mol. The normalized spacial score (nSPS) is 10.1. The molecular formula is C11H10BrN3O. The van der Waals surface area contributed by atoms with Gasteiger partial charge in [-0.15, -0.1) is 0 Å². The largest absolute Gasteiger partial charge is 0.329 e. The number of anilines is 1. The van der Waals surface area contributed by atoms with Crippen LogP contribution < -0.4 is 5.32 Å². The Hall–Kier alpha value is -1.62. The third kappa shape index (κ3) is 2.14. The van der Waals surface area contributed by atoms with Gasteiger partial charge in [-0.3, -0.25) is 4.79 Å². The van der Waals surface area contributed by atoms with Gasteiger partial charge in [0, 0.05) is 12.7 Å². The Balaban J connectivity index is 2.22.